The predicted octanol–water partition coefficient (Wildman–Crippen LogP) is 1.86. The summed E-state index contributed by atoms with van der Waals surface area (Å²) in [6.07, 6.45) is 5.65. The fourth-order valence-electron chi connectivity index (χ4n) is 5.51. The van der Waals surface area contributed by atoms with Crippen molar-refractivity contribution in [2.75, 3.05) is 19.7 Å². The van der Waals surface area contributed by atoms with Crippen molar-refractivity contribution < 1.29 is 23.9 Å². The van der Waals surface area contributed by atoms with Crippen LogP contribution in [-0.4, -0.2) is 71.5 Å². The number of nitrogens with zero attached hydrogens (tertiary/aromatic N) is 2. The summed E-state index contributed by atoms with van der Waals surface area (Å²) in [5, 5.41) is 2.35. The minimum atomic E-state index is -0.593. The highest BCUT2D eigenvalue weighted by Crippen LogP contribution is 2.34. The first-order valence-corrected chi connectivity index (χ1v) is 11.8. The number of amides is 3. The number of imide groups is 1. The van der Waals surface area contributed by atoms with E-state index in [1.54, 1.807) is 4.90 Å². The van der Waals surface area contributed by atoms with Gasteiger partial charge >= 0.3 is 0 Å². The van der Waals surface area contributed by atoms with Crippen LogP contribution in [0.15, 0.2) is 18.2 Å². The number of likely N-dealkylation sites (tertiary alicyclic amines) is 1. The maximum Gasteiger partial charge on any atom is 0.255 e. The molecule has 3 atom stereocenters. The summed E-state index contributed by atoms with van der Waals surface area (Å²) in [5.74, 6) is -0.0358. The molecule has 3 amide bonds. The number of carbonyl (C=O) groups is 3. The van der Waals surface area contributed by atoms with Gasteiger partial charge in [-0.25, -0.2) is 0 Å². The Labute approximate surface area is 188 Å². The number of ether oxygens (including phenoxy) is 2. The van der Waals surface area contributed by atoms with Gasteiger partial charge in [-0.2, -0.15) is 0 Å². The van der Waals surface area contributed by atoms with Crippen LogP contribution in [0.2, 0.25) is 0 Å². The molecule has 3 fully saturated rings. The van der Waals surface area contributed by atoms with Crippen molar-refractivity contribution in [2.45, 2.75) is 76.3 Å². The summed E-state index contributed by atoms with van der Waals surface area (Å²) in [6.45, 7) is 5.10. The Morgan fingerprint density at radius 2 is 1.91 bits per heavy atom. The Bertz CT molecular complexity index is 913. The van der Waals surface area contributed by atoms with Crippen molar-refractivity contribution in [1.29, 1.82) is 0 Å². The van der Waals surface area contributed by atoms with Crippen LogP contribution in [0, 0.1) is 0 Å². The van der Waals surface area contributed by atoms with E-state index in [-0.39, 0.29) is 30.2 Å². The first-order valence-electron chi connectivity index (χ1n) is 11.8. The van der Waals surface area contributed by atoms with E-state index in [2.05, 4.69) is 10.2 Å². The van der Waals surface area contributed by atoms with Crippen LogP contribution in [0.3, 0.4) is 0 Å². The molecular weight excluding hydrogens is 410 g/mol. The molecule has 32 heavy (non-hydrogen) atoms. The van der Waals surface area contributed by atoms with Crippen molar-refractivity contribution in [1.82, 2.24) is 15.1 Å². The van der Waals surface area contributed by atoms with E-state index < -0.39 is 6.04 Å². The van der Waals surface area contributed by atoms with Crippen molar-refractivity contribution in [2.24, 2.45) is 0 Å². The first-order chi connectivity index (χ1) is 15.5. The van der Waals surface area contributed by atoms with Crippen molar-refractivity contribution in [3.63, 3.8) is 0 Å². The van der Waals surface area contributed by atoms with Crippen molar-refractivity contribution in [3.05, 3.63) is 29.3 Å². The predicted molar refractivity (Wildman–Crippen MR) is 116 cm³/mol. The van der Waals surface area contributed by atoms with Crippen LogP contribution in [0.4, 0.5) is 0 Å². The highest BCUT2D eigenvalue weighted by Gasteiger charge is 2.41. The SMILES string of the molecule is CCOC1CN([C@@H]2CCCC[C@H]2Oc2ccc3c(c2)CN(C2CCC(=O)NC2=O)C3=O)C1. The van der Waals surface area contributed by atoms with Gasteiger partial charge < -0.3 is 14.4 Å². The normalized spacial score (nSPS) is 29.0. The molecule has 5 rings (SSSR count). The quantitative estimate of drug-likeness (QED) is 0.678. The van der Waals surface area contributed by atoms with E-state index in [1.165, 1.54) is 6.42 Å². The lowest BCUT2D eigenvalue weighted by Crippen LogP contribution is -2.61. The molecule has 0 aromatic heterocycles. The Balaban J connectivity index is 1.26. The number of fused-ring (bicyclic) bond motifs is 1. The third-order valence-corrected chi connectivity index (χ3v) is 7.20. The highest BCUT2D eigenvalue weighted by atomic mass is 16.5. The van der Waals surface area contributed by atoms with Crippen LogP contribution in [0.1, 0.15) is 61.4 Å². The lowest BCUT2D eigenvalue weighted by molar-refractivity contribution is -0.136. The zero-order valence-electron chi connectivity index (χ0n) is 18.5. The Hall–Kier alpha value is -2.45. The van der Waals surface area contributed by atoms with Crippen LogP contribution >= 0.6 is 0 Å². The molecule has 172 valence electrons. The van der Waals surface area contributed by atoms with E-state index >= 15 is 0 Å². The highest BCUT2D eigenvalue weighted by molar-refractivity contribution is 6.05. The summed E-state index contributed by atoms with van der Waals surface area (Å²) in [4.78, 5) is 40.7. The lowest BCUT2D eigenvalue weighted by atomic mass is 9.89. The second kappa shape index (κ2) is 8.83. The van der Waals surface area contributed by atoms with Crippen LogP contribution in [0.25, 0.3) is 0 Å². The third-order valence-electron chi connectivity index (χ3n) is 7.20. The second-order valence-electron chi connectivity index (χ2n) is 9.26. The van der Waals surface area contributed by atoms with Gasteiger partial charge in [-0.05, 0) is 56.4 Å². The second-order valence-corrected chi connectivity index (χ2v) is 9.26. The van der Waals surface area contributed by atoms with Gasteiger partial charge in [0.1, 0.15) is 17.9 Å². The van der Waals surface area contributed by atoms with E-state index in [4.69, 9.17) is 9.47 Å². The number of hydrogen-bond donors (Lipinski definition) is 1. The third kappa shape index (κ3) is 4.01. The number of piperidine rings is 1. The zero-order valence-corrected chi connectivity index (χ0v) is 18.5. The summed E-state index contributed by atoms with van der Waals surface area (Å²) in [6, 6.07) is 5.44. The number of rotatable bonds is 6. The summed E-state index contributed by atoms with van der Waals surface area (Å²) in [7, 11) is 0. The molecule has 0 radical (unpaired) electrons. The van der Waals surface area contributed by atoms with Gasteiger partial charge in [-0.1, -0.05) is 6.42 Å². The van der Waals surface area contributed by atoms with Gasteiger partial charge in [0.15, 0.2) is 0 Å². The molecule has 4 aliphatic rings. The molecule has 8 nitrogen and oxygen atoms in total. The Morgan fingerprint density at radius 1 is 1.09 bits per heavy atom. The van der Waals surface area contributed by atoms with Gasteiger partial charge in [-0.15, -0.1) is 0 Å². The molecule has 1 unspecified atom stereocenters. The maximum absolute atomic E-state index is 12.9. The Morgan fingerprint density at radius 3 is 2.69 bits per heavy atom. The standard InChI is InChI=1S/C24H31N3O5/c1-2-31-17-13-26(14-17)19-5-3-4-6-21(19)32-16-7-8-18-15(11-16)12-27(24(18)30)20-9-10-22(28)25-23(20)29/h7-8,11,17,19-21H,2-6,9-10,12-14H2,1H3,(H,25,28,29)/t19-,20?,21-/m1/s1. The van der Waals surface area contributed by atoms with Crippen molar-refractivity contribution in [3.8, 4) is 5.75 Å². The molecule has 1 N–H and O–H groups in total. The molecule has 2 saturated heterocycles. The Kier molecular flexibility index (Phi) is 5.90. The van der Waals surface area contributed by atoms with E-state index in [1.807, 2.05) is 25.1 Å². The average Bonchev–Trinajstić information content (AvgIpc) is 3.07. The minimum Gasteiger partial charge on any atom is -0.489 e. The maximum atomic E-state index is 12.9. The number of hydrogen-bond acceptors (Lipinski definition) is 6. The van der Waals surface area contributed by atoms with Gasteiger partial charge in [0, 0.05) is 44.3 Å². The topological polar surface area (TPSA) is 88.2 Å². The number of carbonyl (C=O) groups excluding carboxylic acids is 3. The molecular formula is C24H31N3O5. The van der Waals surface area contributed by atoms with Crippen LogP contribution < -0.4 is 10.1 Å². The van der Waals surface area contributed by atoms with E-state index in [0.717, 1.165) is 50.3 Å². The summed E-state index contributed by atoms with van der Waals surface area (Å²) < 4.78 is 12.2. The number of nitrogens with one attached hydrogen (secondary N) is 1. The lowest BCUT2D eigenvalue weighted by Gasteiger charge is -2.47. The molecule has 3 aliphatic heterocycles. The molecule has 1 saturated carbocycles. The average molecular weight is 442 g/mol. The van der Waals surface area contributed by atoms with Gasteiger partial charge in [0.25, 0.3) is 5.91 Å². The molecule has 1 aliphatic carbocycles. The summed E-state index contributed by atoms with van der Waals surface area (Å²) >= 11 is 0. The van der Waals surface area contributed by atoms with Gasteiger partial charge in [0.2, 0.25) is 11.8 Å². The van der Waals surface area contributed by atoms with Crippen LogP contribution in [0.5, 0.6) is 5.75 Å². The van der Waals surface area contributed by atoms with Crippen LogP contribution in [-0.2, 0) is 20.9 Å². The molecule has 8 heteroatoms. The van der Waals surface area contributed by atoms with E-state index in [9.17, 15) is 14.4 Å². The largest absolute Gasteiger partial charge is 0.489 e. The molecule has 0 spiro atoms. The van der Waals surface area contributed by atoms with Crippen molar-refractivity contribution >= 4 is 17.7 Å². The van der Waals surface area contributed by atoms with Gasteiger partial charge in [-0.3, -0.25) is 24.6 Å². The van der Waals surface area contributed by atoms with E-state index in [0.29, 0.717) is 30.7 Å². The monoisotopic (exact) mass is 441 g/mol. The smallest absolute Gasteiger partial charge is 0.255 e. The first kappa shape index (κ1) is 21.4. The molecule has 3 heterocycles. The summed E-state index contributed by atoms with van der Waals surface area (Å²) in [5.41, 5.74) is 1.49. The fraction of sp³-hybridized carbons (Fsp3) is 0.625. The van der Waals surface area contributed by atoms with Gasteiger partial charge in [0.05, 0.1) is 6.10 Å². The minimum absolute atomic E-state index is 0.132. The number of benzene rings is 1. The molecule has 0 bridgehead atoms. The zero-order chi connectivity index (χ0) is 22.2. The fourth-order valence-corrected chi connectivity index (χ4v) is 5.51. The molecule has 1 aromatic carbocycles. The molecule has 1 aromatic rings.